The smallest absolute Gasteiger partial charge is 0.434 e. The van der Waals surface area contributed by atoms with Gasteiger partial charge in [0.05, 0.1) is 28.6 Å². The van der Waals surface area contributed by atoms with Crippen molar-refractivity contribution < 1.29 is 22.8 Å². The van der Waals surface area contributed by atoms with Gasteiger partial charge < -0.3 is 4.74 Å². The van der Waals surface area contributed by atoms with Crippen LogP contribution in [0, 0.1) is 10.1 Å². The third-order valence-electron chi connectivity index (χ3n) is 4.25. The Labute approximate surface area is 155 Å². The second-order valence-electron chi connectivity index (χ2n) is 5.89. The zero-order chi connectivity index (χ0) is 20.1. The third-order valence-corrected chi connectivity index (χ3v) is 4.25. The van der Waals surface area contributed by atoms with E-state index in [-0.39, 0.29) is 28.2 Å². The number of non-ortho nitro benzene ring substituents is 1. The molecule has 0 amide bonds. The van der Waals surface area contributed by atoms with Crippen LogP contribution in [0.1, 0.15) is 5.69 Å². The summed E-state index contributed by atoms with van der Waals surface area (Å²) in [5, 5.41) is 15.2. The molecule has 0 aliphatic carbocycles. The number of methoxy groups -OCH3 is 1. The number of ether oxygens (including phenoxy) is 1. The minimum absolute atomic E-state index is 0.0280. The van der Waals surface area contributed by atoms with E-state index in [1.165, 1.54) is 19.2 Å². The standard InChI is InChI=1S/C18H11F3N4O3/c1-28-17-14-15(12-4-2-3-5-13(12)22-17)23-24(16(14)18(19,20)21)10-6-8-11(9-7-10)25(26)27/h2-9H,1H3. The van der Waals surface area contributed by atoms with Crippen molar-refractivity contribution >= 4 is 27.5 Å². The number of hydrogen-bond acceptors (Lipinski definition) is 5. The van der Waals surface area contributed by atoms with E-state index in [2.05, 4.69) is 10.1 Å². The summed E-state index contributed by atoms with van der Waals surface area (Å²) in [7, 11) is 1.24. The Morgan fingerprint density at radius 1 is 1.11 bits per heavy atom. The second-order valence-corrected chi connectivity index (χ2v) is 5.89. The molecule has 0 radical (unpaired) electrons. The first-order valence-electron chi connectivity index (χ1n) is 7.98. The number of para-hydroxylation sites is 1. The second kappa shape index (κ2) is 6.19. The van der Waals surface area contributed by atoms with E-state index < -0.39 is 16.8 Å². The first-order chi connectivity index (χ1) is 13.3. The van der Waals surface area contributed by atoms with Gasteiger partial charge in [-0.1, -0.05) is 18.2 Å². The van der Waals surface area contributed by atoms with Crippen molar-refractivity contribution in [3.05, 3.63) is 64.3 Å². The number of alkyl halides is 3. The van der Waals surface area contributed by atoms with Crippen LogP contribution in [0.5, 0.6) is 5.88 Å². The lowest BCUT2D eigenvalue weighted by molar-refractivity contribution is -0.384. The number of pyridine rings is 1. The molecular weight excluding hydrogens is 377 g/mol. The van der Waals surface area contributed by atoms with Crippen LogP contribution < -0.4 is 4.74 Å². The third kappa shape index (κ3) is 2.70. The van der Waals surface area contributed by atoms with E-state index in [1.54, 1.807) is 24.3 Å². The summed E-state index contributed by atoms with van der Waals surface area (Å²) in [6.45, 7) is 0. The number of nitro benzene ring substituents is 1. The molecular formula is C18H11F3N4O3. The predicted octanol–water partition coefficient (Wildman–Crippen LogP) is 4.51. The molecule has 7 nitrogen and oxygen atoms in total. The minimum Gasteiger partial charge on any atom is -0.480 e. The summed E-state index contributed by atoms with van der Waals surface area (Å²) >= 11 is 0. The van der Waals surface area contributed by atoms with Crippen LogP contribution in [0.25, 0.3) is 27.5 Å². The molecule has 0 bridgehead atoms. The van der Waals surface area contributed by atoms with E-state index in [0.29, 0.717) is 15.6 Å². The molecule has 0 spiro atoms. The van der Waals surface area contributed by atoms with Gasteiger partial charge in [0.15, 0.2) is 5.69 Å². The van der Waals surface area contributed by atoms with E-state index in [1.807, 2.05) is 0 Å². The van der Waals surface area contributed by atoms with Gasteiger partial charge in [0.1, 0.15) is 5.52 Å². The number of benzene rings is 2. The average molecular weight is 388 g/mol. The van der Waals surface area contributed by atoms with Gasteiger partial charge in [0, 0.05) is 17.5 Å². The number of nitro groups is 1. The van der Waals surface area contributed by atoms with Crippen molar-refractivity contribution in [2.75, 3.05) is 7.11 Å². The zero-order valence-corrected chi connectivity index (χ0v) is 14.3. The number of aromatic nitrogens is 3. The van der Waals surface area contributed by atoms with Gasteiger partial charge in [-0.15, -0.1) is 0 Å². The molecule has 0 unspecified atom stereocenters. The lowest BCUT2D eigenvalue weighted by Crippen LogP contribution is -2.14. The monoisotopic (exact) mass is 388 g/mol. The molecule has 4 rings (SSSR count). The van der Waals surface area contributed by atoms with Crippen molar-refractivity contribution in [1.29, 1.82) is 0 Å². The average Bonchev–Trinajstić information content (AvgIpc) is 3.08. The highest BCUT2D eigenvalue weighted by Crippen LogP contribution is 2.42. The number of halogens is 3. The maximum absolute atomic E-state index is 14.0. The predicted molar refractivity (Wildman–Crippen MR) is 94.6 cm³/mol. The lowest BCUT2D eigenvalue weighted by atomic mass is 10.1. The van der Waals surface area contributed by atoms with Gasteiger partial charge in [-0.25, -0.2) is 9.67 Å². The first kappa shape index (κ1) is 17.7. The molecule has 0 saturated carbocycles. The van der Waals surface area contributed by atoms with Crippen LogP contribution in [0.2, 0.25) is 0 Å². The summed E-state index contributed by atoms with van der Waals surface area (Å²) in [4.78, 5) is 14.4. The fraction of sp³-hybridized carbons (Fsp3) is 0.111. The maximum Gasteiger partial charge on any atom is 0.434 e. The number of nitrogens with zero attached hydrogens (tertiary/aromatic N) is 4. The fourth-order valence-electron chi connectivity index (χ4n) is 3.06. The van der Waals surface area contributed by atoms with Crippen molar-refractivity contribution in [3.63, 3.8) is 0 Å². The molecule has 2 aromatic heterocycles. The number of hydrogen-bond donors (Lipinski definition) is 0. The summed E-state index contributed by atoms with van der Waals surface area (Å²) in [5.74, 6) is -0.200. The van der Waals surface area contributed by atoms with Gasteiger partial charge >= 0.3 is 6.18 Å². The molecule has 28 heavy (non-hydrogen) atoms. The van der Waals surface area contributed by atoms with Crippen LogP contribution in [-0.4, -0.2) is 26.8 Å². The zero-order valence-electron chi connectivity index (χ0n) is 14.3. The van der Waals surface area contributed by atoms with Gasteiger partial charge in [0.25, 0.3) is 5.69 Å². The van der Waals surface area contributed by atoms with Crippen LogP contribution in [0.4, 0.5) is 18.9 Å². The molecule has 2 heterocycles. The lowest BCUT2D eigenvalue weighted by Gasteiger charge is -2.11. The molecule has 0 aliphatic heterocycles. The highest BCUT2D eigenvalue weighted by Gasteiger charge is 2.40. The molecule has 142 valence electrons. The number of rotatable bonds is 3. The van der Waals surface area contributed by atoms with Crippen LogP contribution >= 0.6 is 0 Å². The SMILES string of the molecule is COc1nc2ccccc2c2nn(-c3ccc([N+](=O)[O-])cc3)c(C(F)(F)F)c12. The van der Waals surface area contributed by atoms with E-state index in [4.69, 9.17) is 4.74 Å². The van der Waals surface area contributed by atoms with Crippen LogP contribution in [-0.2, 0) is 6.18 Å². The summed E-state index contributed by atoms with van der Waals surface area (Å²) in [5.41, 5.74) is -0.757. The summed E-state index contributed by atoms with van der Waals surface area (Å²) < 4.78 is 47.7. The Kier molecular flexibility index (Phi) is 3.91. The molecule has 0 saturated heterocycles. The van der Waals surface area contributed by atoms with Gasteiger partial charge in [-0.05, 0) is 18.2 Å². The van der Waals surface area contributed by atoms with Crippen molar-refractivity contribution in [2.45, 2.75) is 6.18 Å². The Morgan fingerprint density at radius 2 is 1.79 bits per heavy atom. The van der Waals surface area contributed by atoms with Crippen LogP contribution in [0.15, 0.2) is 48.5 Å². The van der Waals surface area contributed by atoms with Gasteiger partial charge in [-0.3, -0.25) is 10.1 Å². The maximum atomic E-state index is 14.0. The van der Waals surface area contributed by atoms with E-state index in [9.17, 15) is 23.3 Å². The number of fused-ring (bicyclic) bond motifs is 3. The molecule has 4 aromatic rings. The Hall–Kier alpha value is -3.69. The molecule has 0 N–H and O–H groups in total. The molecule has 0 atom stereocenters. The van der Waals surface area contributed by atoms with Crippen molar-refractivity contribution in [1.82, 2.24) is 14.8 Å². The Balaban J connectivity index is 2.11. The highest BCUT2D eigenvalue weighted by atomic mass is 19.4. The van der Waals surface area contributed by atoms with Crippen molar-refractivity contribution in [3.8, 4) is 11.6 Å². The summed E-state index contributed by atoms with van der Waals surface area (Å²) in [6.07, 6.45) is -4.77. The molecule has 10 heteroatoms. The van der Waals surface area contributed by atoms with Gasteiger partial charge in [-0.2, -0.15) is 18.3 Å². The topological polar surface area (TPSA) is 83.1 Å². The summed E-state index contributed by atoms with van der Waals surface area (Å²) in [6, 6.07) is 11.3. The van der Waals surface area contributed by atoms with Crippen LogP contribution in [0.3, 0.4) is 0 Å². The Bertz CT molecular complexity index is 1220. The Morgan fingerprint density at radius 3 is 2.39 bits per heavy atom. The molecule has 2 aromatic carbocycles. The molecule has 0 fully saturated rings. The first-order valence-corrected chi connectivity index (χ1v) is 7.98. The van der Waals surface area contributed by atoms with E-state index in [0.717, 1.165) is 12.1 Å². The highest BCUT2D eigenvalue weighted by molar-refractivity contribution is 6.06. The quantitative estimate of drug-likeness (QED) is 0.381. The van der Waals surface area contributed by atoms with Crippen molar-refractivity contribution in [2.24, 2.45) is 0 Å². The van der Waals surface area contributed by atoms with E-state index >= 15 is 0 Å². The largest absolute Gasteiger partial charge is 0.480 e. The fourth-order valence-corrected chi connectivity index (χ4v) is 3.06. The van der Waals surface area contributed by atoms with Gasteiger partial charge in [0.2, 0.25) is 5.88 Å². The minimum atomic E-state index is -4.77. The molecule has 0 aliphatic rings. The normalized spacial score (nSPS) is 11.9.